The van der Waals surface area contributed by atoms with Gasteiger partial charge in [0.1, 0.15) is 42.9 Å². The number of aliphatic carboxylic acids is 1. The van der Waals surface area contributed by atoms with E-state index >= 15 is 0 Å². The van der Waals surface area contributed by atoms with Gasteiger partial charge in [-0.05, 0) is 39.0 Å². The van der Waals surface area contributed by atoms with Crippen LogP contribution in [0.1, 0.15) is 72.6 Å². The molecule has 0 radical (unpaired) electrons. The molecule has 0 unspecified atom stereocenters. The van der Waals surface area contributed by atoms with Gasteiger partial charge in [0.15, 0.2) is 0 Å². The van der Waals surface area contributed by atoms with Gasteiger partial charge in [0.05, 0.1) is 12.5 Å². The average molecular weight is 797 g/mol. The van der Waals surface area contributed by atoms with Crippen LogP contribution in [0.25, 0.3) is 0 Å². The summed E-state index contributed by atoms with van der Waals surface area (Å²) >= 11 is 0. The van der Waals surface area contributed by atoms with E-state index in [1.807, 2.05) is 5.32 Å². The Hall–Kier alpha value is -5.93. The first-order valence-electron chi connectivity index (χ1n) is 17.7. The standard InChI is InChI=1S/C34H52N8O14/c1-6-13-56-25(48)12-11-21(29(35)50)39-31(52)22(14-24(46)47)40-34(55)28(49)23(15-36-18(4)44)41-30(51)16(2)37-32(53)26(17(3)43)42-33(54)27(38-19(5)45)20-9-7-8-10-20/h6,16-17,20-23,26-27,43H,1,7-15H2,2-5H3,(H2,35,50)(H,36,44)(H,37,53)(H,38,45)(H,39,52)(H,40,55)(H,41,51)(H,42,54)(H,46,47)/t16-,17+,21-,22-,23-,26-,27-/m0/s1. The molecule has 1 aliphatic rings. The lowest BCUT2D eigenvalue weighted by Crippen LogP contribution is -2.61. The fourth-order valence-electron chi connectivity index (χ4n) is 5.49. The van der Waals surface area contributed by atoms with E-state index in [4.69, 9.17) is 10.5 Å². The Labute approximate surface area is 322 Å². The number of rotatable bonds is 24. The Morgan fingerprint density at radius 2 is 1.39 bits per heavy atom. The van der Waals surface area contributed by atoms with E-state index in [2.05, 4.69) is 38.5 Å². The van der Waals surface area contributed by atoms with Gasteiger partial charge in [-0.1, -0.05) is 25.5 Å². The zero-order valence-electron chi connectivity index (χ0n) is 31.6. The maximum Gasteiger partial charge on any atom is 0.306 e. The smallest absolute Gasteiger partial charge is 0.306 e. The highest BCUT2D eigenvalue weighted by Crippen LogP contribution is 2.28. The van der Waals surface area contributed by atoms with Crippen LogP contribution in [-0.4, -0.2) is 131 Å². The Balaban J connectivity index is 3.10. The van der Waals surface area contributed by atoms with Crippen molar-refractivity contribution in [3.8, 4) is 0 Å². The number of carbonyl (C=O) groups excluding carboxylic acids is 10. The summed E-state index contributed by atoms with van der Waals surface area (Å²) in [5.41, 5.74) is 5.30. The van der Waals surface area contributed by atoms with Gasteiger partial charge in [0.25, 0.3) is 5.91 Å². The maximum atomic E-state index is 13.3. The molecule has 0 aromatic carbocycles. The van der Waals surface area contributed by atoms with Crippen LogP contribution in [0.2, 0.25) is 0 Å². The number of carbonyl (C=O) groups is 11. The number of esters is 1. The van der Waals surface area contributed by atoms with Crippen LogP contribution in [0.4, 0.5) is 0 Å². The number of nitrogens with one attached hydrogen (secondary N) is 7. The summed E-state index contributed by atoms with van der Waals surface area (Å²) < 4.78 is 4.78. The molecule has 0 bridgehead atoms. The summed E-state index contributed by atoms with van der Waals surface area (Å²) in [6.45, 7) is 7.21. The molecule has 0 aromatic rings. The molecule has 11 N–H and O–H groups in total. The minimum Gasteiger partial charge on any atom is -0.481 e. The number of aliphatic hydroxyl groups is 1. The summed E-state index contributed by atoms with van der Waals surface area (Å²) in [6.07, 6.45) is 0.909. The van der Waals surface area contributed by atoms with Crippen molar-refractivity contribution in [3.63, 3.8) is 0 Å². The molecule has 1 aliphatic carbocycles. The Bertz CT molecular complexity index is 1510. The van der Waals surface area contributed by atoms with E-state index in [0.29, 0.717) is 12.8 Å². The second-order valence-electron chi connectivity index (χ2n) is 13.1. The summed E-state index contributed by atoms with van der Waals surface area (Å²) in [5.74, 6) is -12.1. The molecular weight excluding hydrogens is 744 g/mol. The molecule has 0 aromatic heterocycles. The van der Waals surface area contributed by atoms with Crippen LogP contribution >= 0.6 is 0 Å². The summed E-state index contributed by atoms with van der Waals surface area (Å²) in [4.78, 5) is 138. The van der Waals surface area contributed by atoms with Crippen molar-refractivity contribution in [1.29, 1.82) is 0 Å². The zero-order valence-corrected chi connectivity index (χ0v) is 31.6. The first kappa shape index (κ1) is 48.1. The van der Waals surface area contributed by atoms with Crippen molar-refractivity contribution in [2.24, 2.45) is 11.7 Å². The summed E-state index contributed by atoms with van der Waals surface area (Å²) in [5, 5.41) is 35.3. The number of nitrogens with two attached hydrogens (primary N) is 1. The van der Waals surface area contributed by atoms with Crippen molar-refractivity contribution in [1.82, 2.24) is 37.2 Å². The third-order valence-electron chi connectivity index (χ3n) is 8.40. The van der Waals surface area contributed by atoms with Crippen molar-refractivity contribution >= 4 is 65.0 Å². The number of hydrogen-bond donors (Lipinski definition) is 10. The largest absolute Gasteiger partial charge is 0.481 e. The number of Topliss-reactive ketones (excluding diaryl/α,β-unsaturated/α-hetero) is 1. The highest BCUT2D eigenvalue weighted by Gasteiger charge is 2.37. The van der Waals surface area contributed by atoms with Gasteiger partial charge in [-0.3, -0.25) is 52.7 Å². The lowest BCUT2D eigenvalue weighted by molar-refractivity contribution is -0.144. The van der Waals surface area contributed by atoms with Crippen LogP contribution in [0.15, 0.2) is 12.7 Å². The monoisotopic (exact) mass is 796 g/mol. The van der Waals surface area contributed by atoms with Crippen molar-refractivity contribution in [2.75, 3.05) is 13.2 Å². The fourth-order valence-corrected chi connectivity index (χ4v) is 5.49. The van der Waals surface area contributed by atoms with Gasteiger partial charge in [-0.25, -0.2) is 0 Å². The molecule has 22 heteroatoms. The maximum absolute atomic E-state index is 13.3. The zero-order chi connectivity index (χ0) is 42.7. The number of amides is 8. The fraction of sp³-hybridized carbons (Fsp3) is 0.618. The highest BCUT2D eigenvalue weighted by molar-refractivity contribution is 6.39. The van der Waals surface area contributed by atoms with Crippen LogP contribution in [0, 0.1) is 5.92 Å². The molecule has 8 amide bonds. The van der Waals surface area contributed by atoms with Gasteiger partial charge >= 0.3 is 11.9 Å². The highest BCUT2D eigenvalue weighted by atomic mass is 16.5. The van der Waals surface area contributed by atoms with E-state index in [-0.39, 0.29) is 18.9 Å². The Morgan fingerprint density at radius 1 is 0.786 bits per heavy atom. The van der Waals surface area contributed by atoms with Gasteiger partial charge in [0, 0.05) is 26.8 Å². The number of aliphatic hydroxyl groups excluding tert-OH is 1. The molecule has 0 spiro atoms. The van der Waals surface area contributed by atoms with E-state index in [0.717, 1.165) is 26.7 Å². The number of ether oxygens (including phenoxy) is 1. The average Bonchev–Trinajstić information content (AvgIpc) is 3.65. The Morgan fingerprint density at radius 3 is 1.91 bits per heavy atom. The molecule has 7 atom stereocenters. The molecule has 56 heavy (non-hydrogen) atoms. The number of ketones is 1. The molecule has 0 heterocycles. The van der Waals surface area contributed by atoms with Gasteiger partial charge < -0.3 is 57.9 Å². The van der Waals surface area contributed by atoms with E-state index < -0.39 is 127 Å². The van der Waals surface area contributed by atoms with Crippen molar-refractivity contribution in [3.05, 3.63) is 12.7 Å². The molecule has 22 nitrogen and oxygen atoms in total. The van der Waals surface area contributed by atoms with Crippen LogP contribution in [-0.2, 0) is 57.5 Å². The third kappa shape index (κ3) is 17.0. The van der Waals surface area contributed by atoms with Gasteiger partial charge in [-0.15, -0.1) is 0 Å². The first-order chi connectivity index (χ1) is 26.2. The number of carboxylic acid groups (broad SMARTS) is 1. The van der Waals surface area contributed by atoms with Gasteiger partial charge in [0.2, 0.25) is 47.1 Å². The van der Waals surface area contributed by atoms with Gasteiger partial charge in [-0.2, -0.15) is 0 Å². The van der Waals surface area contributed by atoms with E-state index in [1.165, 1.54) is 19.9 Å². The topological polar surface area (TPSA) is 348 Å². The lowest BCUT2D eigenvalue weighted by atomic mass is 9.96. The Kier molecular flexibility index (Phi) is 20.4. The van der Waals surface area contributed by atoms with E-state index in [1.54, 1.807) is 0 Å². The molecule has 1 saturated carbocycles. The van der Waals surface area contributed by atoms with E-state index in [9.17, 15) is 63.0 Å². The van der Waals surface area contributed by atoms with Crippen molar-refractivity contribution in [2.45, 2.75) is 115 Å². The SMILES string of the molecule is C=CCOC(=O)CC[C@H](NC(=O)[C@H](CC(=O)O)NC(=O)C(=O)[C@H](CNC(C)=O)NC(=O)[C@H](C)NC(=O)[C@@H](NC(=O)[C@@H](NC(C)=O)C1CCCC1)[C@@H](C)O)C(N)=O. The second kappa shape index (κ2) is 23.8. The minimum atomic E-state index is -1.99. The van der Waals surface area contributed by atoms with Crippen molar-refractivity contribution < 1.29 is 67.7 Å². The minimum absolute atomic E-state index is 0.129. The number of primary amides is 1. The molecule has 1 rings (SSSR count). The predicted octanol–water partition coefficient (Wildman–Crippen LogP) is -4.32. The molecule has 0 aliphatic heterocycles. The molecule has 312 valence electrons. The summed E-state index contributed by atoms with van der Waals surface area (Å²) in [7, 11) is 0. The van der Waals surface area contributed by atoms with Crippen LogP contribution in [0.3, 0.4) is 0 Å². The second-order valence-corrected chi connectivity index (χ2v) is 13.1. The molecule has 1 fully saturated rings. The number of hydrogen-bond acceptors (Lipinski definition) is 13. The van der Waals surface area contributed by atoms with Crippen LogP contribution in [0.5, 0.6) is 0 Å². The van der Waals surface area contributed by atoms with Crippen LogP contribution < -0.4 is 43.0 Å². The molecule has 0 saturated heterocycles. The quantitative estimate of drug-likeness (QED) is 0.0251. The predicted molar refractivity (Wildman–Crippen MR) is 192 cm³/mol. The first-order valence-corrected chi connectivity index (χ1v) is 17.7. The summed E-state index contributed by atoms with van der Waals surface area (Å²) in [6, 6.07) is -9.45. The third-order valence-corrected chi connectivity index (χ3v) is 8.40. The normalized spacial score (nSPS) is 16.1. The number of carboxylic acids is 1. The molecular formula is C34H52N8O14. The lowest BCUT2D eigenvalue weighted by Gasteiger charge is -2.28.